The van der Waals surface area contributed by atoms with Gasteiger partial charge in [-0.3, -0.25) is 4.79 Å². The zero-order chi connectivity index (χ0) is 15.6. The van der Waals surface area contributed by atoms with Gasteiger partial charge in [0.25, 0.3) is 0 Å². The van der Waals surface area contributed by atoms with Gasteiger partial charge in [0.1, 0.15) is 6.04 Å². The molecule has 0 radical (unpaired) electrons. The molecular weight excluding hydrogens is 268 g/mol. The summed E-state index contributed by atoms with van der Waals surface area (Å²) in [4.78, 5) is 25.7. The molecule has 1 aliphatic heterocycles. The molecule has 0 saturated carbocycles. The van der Waals surface area contributed by atoms with Gasteiger partial charge in [0.2, 0.25) is 5.91 Å². The van der Waals surface area contributed by atoms with Crippen molar-refractivity contribution in [3.05, 3.63) is 29.8 Å². The first-order chi connectivity index (χ1) is 9.84. The predicted molar refractivity (Wildman–Crippen MR) is 80.9 cm³/mol. The normalized spacial score (nSPS) is 19.3. The highest BCUT2D eigenvalue weighted by molar-refractivity contribution is 5.91. The molecule has 0 aliphatic carbocycles. The number of carbonyl (C=O) groups excluding carboxylic acids is 1. The van der Waals surface area contributed by atoms with Gasteiger partial charge in [0.15, 0.2) is 0 Å². The highest BCUT2D eigenvalue weighted by atomic mass is 16.4. The van der Waals surface area contributed by atoms with Crippen LogP contribution in [0.15, 0.2) is 24.3 Å². The average Bonchev–Trinajstić information content (AvgIpc) is 2.46. The number of rotatable bonds is 3. The van der Waals surface area contributed by atoms with Crippen LogP contribution in [0.1, 0.15) is 38.7 Å². The van der Waals surface area contributed by atoms with Crippen LogP contribution >= 0.6 is 0 Å². The van der Waals surface area contributed by atoms with Gasteiger partial charge in [0, 0.05) is 12.2 Å². The van der Waals surface area contributed by atoms with Gasteiger partial charge in [-0.25, -0.2) is 4.79 Å². The molecule has 0 spiro atoms. The van der Waals surface area contributed by atoms with Crippen LogP contribution in [0.25, 0.3) is 0 Å². The third-order valence-corrected chi connectivity index (χ3v) is 4.22. The number of carboxylic acid groups (broad SMARTS) is 1. The van der Waals surface area contributed by atoms with Gasteiger partial charge >= 0.3 is 5.97 Å². The minimum absolute atomic E-state index is 0.139. The maximum atomic E-state index is 12.9. The monoisotopic (exact) mass is 290 g/mol. The molecule has 0 bridgehead atoms. The van der Waals surface area contributed by atoms with Crippen LogP contribution in [0.3, 0.4) is 0 Å². The lowest BCUT2D eigenvalue weighted by atomic mass is 9.82. The number of nitrogens with two attached hydrogens (primary N) is 1. The van der Waals surface area contributed by atoms with E-state index in [0.29, 0.717) is 18.7 Å². The highest BCUT2D eigenvalue weighted by Gasteiger charge is 2.40. The number of piperidine rings is 1. The van der Waals surface area contributed by atoms with E-state index >= 15 is 0 Å². The highest BCUT2D eigenvalue weighted by Crippen LogP contribution is 2.29. The molecule has 1 heterocycles. The summed E-state index contributed by atoms with van der Waals surface area (Å²) in [5.74, 6) is -1.06. The Balaban J connectivity index is 2.27. The van der Waals surface area contributed by atoms with Crippen molar-refractivity contribution >= 4 is 17.6 Å². The first-order valence-corrected chi connectivity index (χ1v) is 7.24. The summed E-state index contributed by atoms with van der Waals surface area (Å²) in [5.41, 5.74) is 6.40. The van der Waals surface area contributed by atoms with Gasteiger partial charge in [0.05, 0.1) is 5.41 Å². The second-order valence-corrected chi connectivity index (χ2v) is 6.10. The van der Waals surface area contributed by atoms with Crippen LogP contribution < -0.4 is 5.73 Å². The van der Waals surface area contributed by atoms with E-state index in [4.69, 9.17) is 5.73 Å². The molecule has 1 amide bonds. The van der Waals surface area contributed by atoms with E-state index in [0.717, 1.165) is 18.4 Å². The standard InChI is InChI=1S/C16H22N2O3/c1-16(2,11-6-8-12(17)9-7-11)15(21)18-10-4-3-5-13(18)14(19)20/h6-9,13H,3-5,10,17H2,1-2H3,(H,19,20)/t13-/m0/s1. The van der Waals surface area contributed by atoms with Gasteiger partial charge in [-0.15, -0.1) is 0 Å². The molecule has 0 unspecified atom stereocenters. The Morgan fingerprint density at radius 3 is 2.43 bits per heavy atom. The maximum Gasteiger partial charge on any atom is 0.326 e. The Morgan fingerprint density at radius 1 is 1.24 bits per heavy atom. The van der Waals surface area contributed by atoms with Crippen molar-refractivity contribution in [1.82, 2.24) is 4.90 Å². The summed E-state index contributed by atoms with van der Waals surface area (Å²) in [7, 11) is 0. The lowest BCUT2D eigenvalue weighted by molar-refractivity contribution is -0.154. The van der Waals surface area contributed by atoms with Crippen LogP contribution in [0, 0.1) is 0 Å². The molecule has 1 aromatic rings. The van der Waals surface area contributed by atoms with Crippen molar-refractivity contribution in [2.45, 2.75) is 44.6 Å². The van der Waals surface area contributed by atoms with E-state index in [9.17, 15) is 14.7 Å². The summed E-state index contributed by atoms with van der Waals surface area (Å²) in [5, 5.41) is 9.32. The van der Waals surface area contributed by atoms with Crippen molar-refractivity contribution in [1.29, 1.82) is 0 Å². The van der Waals surface area contributed by atoms with Crippen molar-refractivity contribution in [3.8, 4) is 0 Å². The fourth-order valence-electron chi connectivity index (χ4n) is 2.81. The lowest BCUT2D eigenvalue weighted by Crippen LogP contribution is -2.53. The van der Waals surface area contributed by atoms with Gasteiger partial charge in [-0.1, -0.05) is 12.1 Å². The fourth-order valence-corrected chi connectivity index (χ4v) is 2.81. The molecule has 1 aromatic carbocycles. The van der Waals surface area contributed by atoms with Crippen LogP contribution in [0.2, 0.25) is 0 Å². The van der Waals surface area contributed by atoms with E-state index in [1.54, 1.807) is 12.1 Å². The number of hydrogen-bond donors (Lipinski definition) is 2. The van der Waals surface area contributed by atoms with Crippen molar-refractivity contribution in [2.24, 2.45) is 0 Å². The van der Waals surface area contributed by atoms with Crippen LogP contribution in [-0.4, -0.2) is 34.5 Å². The Kier molecular flexibility index (Phi) is 4.21. The summed E-state index contributed by atoms with van der Waals surface area (Å²) in [6, 6.07) is 6.46. The van der Waals surface area contributed by atoms with E-state index in [-0.39, 0.29) is 5.91 Å². The third kappa shape index (κ3) is 3.01. The number of nitrogens with zero attached hydrogens (tertiary/aromatic N) is 1. The summed E-state index contributed by atoms with van der Waals surface area (Å²) in [6.45, 7) is 4.16. The Labute approximate surface area is 124 Å². The smallest absolute Gasteiger partial charge is 0.326 e. The Hall–Kier alpha value is -2.04. The number of anilines is 1. The Morgan fingerprint density at radius 2 is 1.86 bits per heavy atom. The first kappa shape index (κ1) is 15.4. The number of likely N-dealkylation sites (tertiary alicyclic amines) is 1. The second-order valence-electron chi connectivity index (χ2n) is 6.10. The molecule has 21 heavy (non-hydrogen) atoms. The SMILES string of the molecule is CC(C)(C(=O)N1CCCC[C@H]1C(=O)O)c1ccc(N)cc1. The number of benzene rings is 1. The quantitative estimate of drug-likeness (QED) is 0.834. The second kappa shape index (κ2) is 5.76. The number of carboxylic acids is 1. The van der Waals surface area contributed by atoms with Gasteiger partial charge in [-0.2, -0.15) is 0 Å². The molecule has 1 fully saturated rings. The molecule has 3 N–H and O–H groups in total. The number of carbonyl (C=O) groups is 2. The number of amides is 1. The minimum atomic E-state index is -0.920. The molecule has 114 valence electrons. The summed E-state index contributed by atoms with van der Waals surface area (Å²) < 4.78 is 0. The number of hydrogen-bond acceptors (Lipinski definition) is 3. The average molecular weight is 290 g/mol. The molecule has 1 saturated heterocycles. The zero-order valence-corrected chi connectivity index (χ0v) is 12.5. The molecule has 5 heteroatoms. The third-order valence-electron chi connectivity index (χ3n) is 4.22. The molecule has 2 rings (SSSR count). The van der Waals surface area contributed by atoms with E-state index in [1.165, 1.54) is 4.90 Å². The largest absolute Gasteiger partial charge is 0.480 e. The Bertz CT molecular complexity index is 537. The summed E-state index contributed by atoms with van der Waals surface area (Å²) >= 11 is 0. The zero-order valence-electron chi connectivity index (χ0n) is 12.5. The van der Waals surface area contributed by atoms with Gasteiger partial charge < -0.3 is 15.7 Å². The van der Waals surface area contributed by atoms with Gasteiger partial charge in [-0.05, 0) is 50.8 Å². The fraction of sp³-hybridized carbons (Fsp3) is 0.500. The van der Waals surface area contributed by atoms with Crippen molar-refractivity contribution in [3.63, 3.8) is 0 Å². The predicted octanol–water partition coefficient (Wildman–Crippen LogP) is 2.01. The maximum absolute atomic E-state index is 12.9. The van der Waals surface area contributed by atoms with E-state index in [2.05, 4.69) is 0 Å². The van der Waals surface area contributed by atoms with Crippen molar-refractivity contribution in [2.75, 3.05) is 12.3 Å². The topological polar surface area (TPSA) is 83.6 Å². The van der Waals surface area contributed by atoms with Crippen LogP contribution in [-0.2, 0) is 15.0 Å². The molecule has 0 aromatic heterocycles. The van der Waals surface area contributed by atoms with Crippen LogP contribution in [0.4, 0.5) is 5.69 Å². The van der Waals surface area contributed by atoms with Crippen molar-refractivity contribution < 1.29 is 14.7 Å². The summed E-state index contributed by atoms with van der Waals surface area (Å²) in [6.07, 6.45) is 2.23. The van der Waals surface area contributed by atoms with Crippen LogP contribution in [0.5, 0.6) is 0 Å². The number of aliphatic carboxylic acids is 1. The molecule has 5 nitrogen and oxygen atoms in total. The lowest BCUT2D eigenvalue weighted by Gasteiger charge is -2.38. The minimum Gasteiger partial charge on any atom is -0.480 e. The molecule has 1 atom stereocenters. The molecule has 1 aliphatic rings. The number of nitrogen functional groups attached to an aromatic ring is 1. The van der Waals surface area contributed by atoms with E-state index in [1.807, 2.05) is 26.0 Å². The first-order valence-electron chi connectivity index (χ1n) is 7.24. The molecular formula is C16H22N2O3. The van der Waals surface area contributed by atoms with E-state index < -0.39 is 17.4 Å².